The van der Waals surface area contributed by atoms with E-state index in [-0.39, 0.29) is 36.7 Å². The highest BCUT2D eigenvalue weighted by Crippen LogP contribution is 2.62. The van der Waals surface area contributed by atoms with Gasteiger partial charge < -0.3 is 48.1 Å². The Hall–Kier alpha value is -6.82. The van der Waals surface area contributed by atoms with E-state index in [1.54, 1.807) is 24.3 Å². The maximum Gasteiger partial charge on any atom is 0.226 e. The fourth-order valence-electron chi connectivity index (χ4n) is 20.8. The summed E-state index contributed by atoms with van der Waals surface area (Å²) in [6.45, 7) is 36.2. The van der Waals surface area contributed by atoms with Gasteiger partial charge in [0.1, 0.15) is 34.5 Å². The number of hydrogen-bond donors (Lipinski definition) is 2. The highest BCUT2D eigenvalue weighted by Gasteiger charge is 2.56. The number of ether oxygens (including phenoxy) is 8. The van der Waals surface area contributed by atoms with Crippen molar-refractivity contribution in [1.29, 1.82) is 0 Å². The van der Waals surface area contributed by atoms with Crippen LogP contribution in [0.2, 0.25) is 0 Å². The quantitative estimate of drug-likeness (QED) is 0.0386. The molecule has 16 rings (SSSR count). The third kappa shape index (κ3) is 31.5. The Bertz CT molecular complexity index is 3880. The maximum absolute atomic E-state index is 9.01. The number of phenols is 2. The molecule has 684 valence electrons. The number of rotatable bonds is 33. The second-order valence-corrected chi connectivity index (χ2v) is 40.0. The molecule has 13 unspecified atom stereocenters. The van der Waals surface area contributed by atoms with Crippen molar-refractivity contribution in [2.75, 3.05) is 6.61 Å². The largest absolute Gasteiger partial charge is 0.508 e. The van der Waals surface area contributed by atoms with Crippen molar-refractivity contribution in [3.8, 4) is 34.5 Å². The first-order valence-electron chi connectivity index (χ1n) is 50.3. The predicted octanol–water partition coefficient (Wildman–Crippen LogP) is 32.6. The molecule has 0 amide bonds. The Balaban J connectivity index is 0.000000160. The van der Waals surface area contributed by atoms with E-state index in [1.807, 2.05) is 24.3 Å². The van der Waals surface area contributed by atoms with Gasteiger partial charge in [-0.15, -0.1) is 0 Å². The minimum atomic E-state index is -0.337. The number of phenolic OH excluding ortho intramolecular Hbond substituents is 2. The molecule has 0 spiro atoms. The van der Waals surface area contributed by atoms with Gasteiger partial charge in [0.15, 0.2) is 0 Å². The van der Waals surface area contributed by atoms with E-state index in [0.717, 1.165) is 89.9 Å². The topological polar surface area (TPSA) is 114 Å². The van der Waals surface area contributed by atoms with E-state index in [4.69, 9.17) is 48.1 Å². The maximum atomic E-state index is 9.01. The van der Waals surface area contributed by atoms with Crippen LogP contribution in [0.25, 0.3) is 0 Å². The fourth-order valence-corrected chi connectivity index (χ4v) is 20.8. The molecular formula is C114H168O10. The van der Waals surface area contributed by atoms with Crippen molar-refractivity contribution >= 4 is 0 Å². The number of fused-ring (bicyclic) bond motifs is 1. The highest BCUT2D eigenvalue weighted by atomic mass is 16.7. The minimum Gasteiger partial charge on any atom is -0.508 e. The predicted molar refractivity (Wildman–Crippen MR) is 516 cm³/mol. The summed E-state index contributed by atoms with van der Waals surface area (Å²) in [6.07, 6.45) is 43.1. The number of hydrogen-bond acceptors (Lipinski definition) is 10. The SMILES string of the molecule is CCC(C)c1ccc(O)cc1.CCC(C)c1ccc(O)cc1.CCC(C)c1ccc(OC(OC(C)C)C23CC4CC(CC(C4)C2)C3)cc1.CCC(C)c1ccc(OC(OC2CCC3CCCCC3C2)c2ccccc2)cc1.CCC(C)c1ccc(OC(OC2CCCCC2)C(C)C)cc1.CCC(C)c1ccc(OC(OCC2CCCCC2)C2CCCC2)cc1. The van der Waals surface area contributed by atoms with Crippen LogP contribution in [0.15, 0.2) is 176 Å². The molecular weight excluding hydrogens is 1530 g/mol. The van der Waals surface area contributed by atoms with E-state index in [1.165, 1.54) is 226 Å². The van der Waals surface area contributed by atoms with E-state index >= 15 is 0 Å². The van der Waals surface area contributed by atoms with Crippen LogP contribution in [0.5, 0.6) is 34.5 Å². The zero-order chi connectivity index (χ0) is 88.3. The summed E-state index contributed by atoms with van der Waals surface area (Å²) < 4.78 is 51.0. The lowest BCUT2D eigenvalue weighted by atomic mass is 9.49. The van der Waals surface area contributed by atoms with Crippen molar-refractivity contribution in [2.45, 2.75) is 402 Å². The normalized spacial score (nSPS) is 23.6. The third-order valence-electron chi connectivity index (χ3n) is 29.7. The van der Waals surface area contributed by atoms with Crippen LogP contribution >= 0.6 is 0 Å². The standard InChI is InChI=1S/C27H36O2.C24H36O2.C23H36O2.C20H32O2.2C10H14O/c1-3-20(2)21-13-16-25(17-14-21)28-27(23-10-5-4-6-11-23)29-26-18-15-22-9-7-8-12-24(22)19-26;1-5-17(4)21-6-8-22(9-7-21)26-23(25-16(2)3)24-13-18-10-19(14-24)12-20(11-18)15-24;1-3-18(2)20-13-15-22(16-14-20)25-23(21-11-7-8-12-21)24-17-19-9-5-4-6-10-19;1-5-16(4)17-11-13-19(14-12-17)22-20(15(2)3)21-18-9-7-6-8-10-18;2*1-3-8(2)9-4-6-10(11)7-5-9/h4-6,10-11,13-14,16-17,20,22,24,26-27H,3,7-9,12,15,18-19H2,1-2H3;6-9,16-20,23H,5,10-15H2,1-4H3;13-16,18-19,21,23H,3-12,17H2,1-2H3;11-16,18,20H,5-10H2,1-4H3;2*4-8,11H,3H2,1-2H3. The highest BCUT2D eigenvalue weighted by molar-refractivity contribution is 5.34. The fraction of sp³-hybridized carbons (Fsp3) is 0.632. The minimum absolute atomic E-state index is 0.0566. The molecule has 7 aromatic carbocycles. The lowest BCUT2D eigenvalue weighted by molar-refractivity contribution is -0.227. The molecule has 9 fully saturated rings. The van der Waals surface area contributed by atoms with Crippen molar-refractivity contribution in [3.63, 3.8) is 0 Å². The molecule has 2 N–H and O–H groups in total. The monoisotopic (exact) mass is 1700 g/mol. The van der Waals surface area contributed by atoms with Gasteiger partial charge in [0, 0.05) is 22.8 Å². The van der Waals surface area contributed by atoms with Crippen LogP contribution in [0.1, 0.15) is 403 Å². The first-order chi connectivity index (χ1) is 60.0. The van der Waals surface area contributed by atoms with Crippen molar-refractivity contribution < 1.29 is 48.1 Å². The molecule has 0 heterocycles. The molecule has 4 bridgehead atoms. The van der Waals surface area contributed by atoms with Crippen LogP contribution in [0.3, 0.4) is 0 Å². The summed E-state index contributed by atoms with van der Waals surface area (Å²) in [7, 11) is 0. The van der Waals surface area contributed by atoms with Gasteiger partial charge in [0.25, 0.3) is 0 Å². The summed E-state index contributed by atoms with van der Waals surface area (Å²) >= 11 is 0. The summed E-state index contributed by atoms with van der Waals surface area (Å²) in [5.74, 6) is 14.2. The van der Waals surface area contributed by atoms with E-state index in [2.05, 4.69) is 238 Å². The Morgan fingerprint density at radius 1 is 0.331 bits per heavy atom. The molecule has 124 heavy (non-hydrogen) atoms. The third-order valence-corrected chi connectivity index (χ3v) is 29.7. The van der Waals surface area contributed by atoms with Crippen LogP contribution in [-0.2, 0) is 18.9 Å². The number of aromatic hydroxyl groups is 2. The molecule has 9 aliphatic carbocycles. The van der Waals surface area contributed by atoms with E-state index < -0.39 is 0 Å². The molecule has 7 aromatic rings. The molecule has 0 saturated heterocycles. The average molecular weight is 1700 g/mol. The summed E-state index contributed by atoms with van der Waals surface area (Å²) in [4.78, 5) is 0. The van der Waals surface area contributed by atoms with Gasteiger partial charge in [-0.25, -0.2) is 0 Å². The Labute approximate surface area is 754 Å². The van der Waals surface area contributed by atoms with Crippen LogP contribution in [0, 0.1) is 52.8 Å². The second kappa shape index (κ2) is 52.0. The zero-order valence-corrected chi connectivity index (χ0v) is 80.1. The van der Waals surface area contributed by atoms with Crippen molar-refractivity contribution in [2.24, 2.45) is 52.8 Å². The molecule has 0 aliphatic heterocycles. The van der Waals surface area contributed by atoms with Gasteiger partial charge in [-0.1, -0.05) is 277 Å². The van der Waals surface area contributed by atoms with Gasteiger partial charge >= 0.3 is 0 Å². The molecule has 10 nitrogen and oxygen atoms in total. The molecule has 13 atom stereocenters. The van der Waals surface area contributed by atoms with Crippen molar-refractivity contribution in [3.05, 3.63) is 215 Å². The van der Waals surface area contributed by atoms with Gasteiger partial charge in [0.05, 0.1) is 24.9 Å². The van der Waals surface area contributed by atoms with Crippen LogP contribution < -0.4 is 18.9 Å². The van der Waals surface area contributed by atoms with E-state index in [9.17, 15) is 0 Å². The number of benzene rings is 7. The molecule has 0 radical (unpaired) electrons. The van der Waals surface area contributed by atoms with Crippen molar-refractivity contribution in [1.82, 2.24) is 0 Å². The van der Waals surface area contributed by atoms with Gasteiger partial charge in [-0.2, -0.15) is 0 Å². The van der Waals surface area contributed by atoms with Gasteiger partial charge in [-0.3, -0.25) is 0 Å². The molecule has 9 aliphatic rings. The molecule has 0 aromatic heterocycles. The first kappa shape index (κ1) is 99.3. The average Bonchev–Trinajstić information content (AvgIpc) is 1.47. The zero-order valence-electron chi connectivity index (χ0n) is 80.1. The van der Waals surface area contributed by atoms with Gasteiger partial charge in [-0.05, 0) is 326 Å². The van der Waals surface area contributed by atoms with Crippen LogP contribution in [-0.4, -0.2) is 54.0 Å². The van der Waals surface area contributed by atoms with E-state index in [0.29, 0.717) is 71.1 Å². The van der Waals surface area contributed by atoms with Gasteiger partial charge in [0.2, 0.25) is 25.2 Å². The molecule has 9 saturated carbocycles. The Kier molecular flexibility index (Phi) is 41.7. The summed E-state index contributed by atoms with van der Waals surface area (Å²) in [6, 6.07) is 59.9. The summed E-state index contributed by atoms with van der Waals surface area (Å²) in [5.41, 5.74) is 9.48. The first-order valence-corrected chi connectivity index (χ1v) is 50.3. The lowest BCUT2D eigenvalue weighted by Gasteiger charge is -2.58. The van der Waals surface area contributed by atoms with Crippen LogP contribution in [0.4, 0.5) is 0 Å². The lowest BCUT2D eigenvalue weighted by Crippen LogP contribution is -2.54. The second-order valence-electron chi connectivity index (χ2n) is 40.0. The molecule has 10 heteroatoms. The smallest absolute Gasteiger partial charge is 0.226 e. The Morgan fingerprint density at radius 3 is 1.11 bits per heavy atom. The Morgan fingerprint density at radius 2 is 0.702 bits per heavy atom. The summed E-state index contributed by atoms with van der Waals surface area (Å²) in [5, 5.41) is 18.0.